The number of nitrogens with zero attached hydrogens (tertiary/aromatic N) is 5. The van der Waals surface area contributed by atoms with Gasteiger partial charge in [0, 0.05) is 29.8 Å². The molecule has 0 saturated heterocycles. The molecule has 2 aromatic rings. The zero-order valence-electron chi connectivity index (χ0n) is 13.0. The van der Waals surface area contributed by atoms with E-state index < -0.39 is 0 Å². The summed E-state index contributed by atoms with van der Waals surface area (Å²) in [5, 5.41) is 9.09. The zero-order valence-corrected chi connectivity index (χ0v) is 13.8. The van der Waals surface area contributed by atoms with Crippen molar-refractivity contribution in [3.8, 4) is 0 Å². The second kappa shape index (κ2) is 4.87. The third kappa shape index (κ3) is 2.55. The van der Waals surface area contributed by atoms with Gasteiger partial charge in [0.2, 0.25) is 5.13 Å². The lowest BCUT2D eigenvalue weighted by atomic mass is 9.99. The second-order valence-corrected chi connectivity index (χ2v) is 6.87. The van der Waals surface area contributed by atoms with Crippen LogP contribution in [0.15, 0.2) is 22.4 Å². The smallest absolute Gasteiger partial charge is 0.249 e. The van der Waals surface area contributed by atoms with Gasteiger partial charge in [-0.05, 0) is 57.4 Å². The van der Waals surface area contributed by atoms with Crippen LogP contribution in [0.4, 0.5) is 16.5 Å². The third-order valence-corrected chi connectivity index (χ3v) is 4.69. The molecule has 1 aliphatic heterocycles. The van der Waals surface area contributed by atoms with Gasteiger partial charge in [-0.2, -0.15) is 4.37 Å². The van der Waals surface area contributed by atoms with Gasteiger partial charge in [-0.3, -0.25) is 0 Å². The number of aryl methyl sites for hydroxylation is 2. The van der Waals surface area contributed by atoms with Gasteiger partial charge in [0.15, 0.2) is 0 Å². The summed E-state index contributed by atoms with van der Waals surface area (Å²) in [6.45, 7) is 8.51. The van der Waals surface area contributed by atoms with Crippen LogP contribution in [0, 0.1) is 13.8 Å². The predicted molar refractivity (Wildman–Crippen MR) is 86.2 cm³/mol. The molecule has 0 aliphatic carbocycles. The van der Waals surface area contributed by atoms with Crippen molar-refractivity contribution < 1.29 is 0 Å². The summed E-state index contributed by atoms with van der Waals surface area (Å²) in [5.74, 6) is 0.738. The predicted octanol–water partition coefficient (Wildman–Crippen LogP) is 4.34. The van der Waals surface area contributed by atoms with Crippen LogP contribution in [0.3, 0.4) is 0 Å². The van der Waals surface area contributed by atoms with Crippen LogP contribution in [0.1, 0.15) is 30.8 Å². The van der Waals surface area contributed by atoms with Gasteiger partial charge in [0.1, 0.15) is 5.82 Å². The van der Waals surface area contributed by atoms with E-state index in [1.807, 2.05) is 6.92 Å². The van der Waals surface area contributed by atoms with E-state index in [-0.39, 0.29) is 5.54 Å². The van der Waals surface area contributed by atoms with Gasteiger partial charge in [-0.25, -0.2) is 4.98 Å². The Morgan fingerprint density at radius 1 is 1.24 bits per heavy atom. The number of hydrogen-bond donors (Lipinski definition) is 0. The minimum atomic E-state index is 0.152. The minimum absolute atomic E-state index is 0.152. The molecule has 21 heavy (non-hydrogen) atoms. The van der Waals surface area contributed by atoms with Gasteiger partial charge in [0.25, 0.3) is 0 Å². The fourth-order valence-corrected chi connectivity index (χ4v) is 3.32. The molecular weight excluding hydrogens is 282 g/mol. The zero-order chi connectivity index (χ0) is 15.2. The van der Waals surface area contributed by atoms with Crippen molar-refractivity contribution in [1.29, 1.82) is 0 Å². The quantitative estimate of drug-likeness (QED) is 0.775. The largest absolute Gasteiger partial charge is 0.369 e. The number of rotatable bonds is 2. The first-order valence-electron chi connectivity index (χ1n) is 6.96. The maximum Gasteiger partial charge on any atom is 0.249 e. The summed E-state index contributed by atoms with van der Waals surface area (Å²) >= 11 is 1.27. The highest BCUT2D eigenvalue weighted by molar-refractivity contribution is 7.09. The average molecular weight is 301 g/mol. The van der Waals surface area contributed by atoms with Crippen LogP contribution in [-0.4, -0.2) is 21.9 Å². The Balaban J connectivity index is 1.93. The lowest BCUT2D eigenvalue weighted by Crippen LogP contribution is -2.38. The van der Waals surface area contributed by atoms with Gasteiger partial charge < -0.3 is 4.90 Å². The highest BCUT2D eigenvalue weighted by atomic mass is 32.1. The average Bonchev–Trinajstić information content (AvgIpc) is 2.89. The maximum absolute atomic E-state index is 4.32. The van der Waals surface area contributed by atoms with Crippen molar-refractivity contribution in [2.45, 2.75) is 39.7 Å². The molecule has 0 N–H and O–H groups in total. The summed E-state index contributed by atoms with van der Waals surface area (Å²) in [5.41, 5.74) is 4.93. The van der Waals surface area contributed by atoms with Crippen LogP contribution < -0.4 is 4.90 Å². The number of azo groups is 1. The van der Waals surface area contributed by atoms with E-state index >= 15 is 0 Å². The first-order chi connectivity index (χ1) is 9.87. The third-order valence-electron chi connectivity index (χ3n) is 4.00. The molecule has 1 aromatic heterocycles. The summed E-state index contributed by atoms with van der Waals surface area (Å²) in [6, 6.07) is 4.21. The van der Waals surface area contributed by atoms with Crippen molar-refractivity contribution >= 4 is 28.0 Å². The highest BCUT2D eigenvalue weighted by Crippen LogP contribution is 2.41. The van der Waals surface area contributed by atoms with Gasteiger partial charge in [-0.15, -0.1) is 10.2 Å². The summed E-state index contributed by atoms with van der Waals surface area (Å²) in [4.78, 5) is 6.55. The van der Waals surface area contributed by atoms with E-state index in [9.17, 15) is 0 Å². The van der Waals surface area contributed by atoms with Gasteiger partial charge in [-0.1, -0.05) is 0 Å². The lowest BCUT2D eigenvalue weighted by molar-refractivity contribution is 0.516. The molecule has 6 heteroatoms. The Morgan fingerprint density at radius 2 is 2.00 bits per heavy atom. The molecule has 0 fully saturated rings. The molecule has 3 rings (SSSR count). The van der Waals surface area contributed by atoms with E-state index in [0.717, 1.165) is 17.9 Å². The number of anilines is 1. The van der Waals surface area contributed by atoms with Crippen LogP contribution in [-0.2, 0) is 6.42 Å². The summed E-state index contributed by atoms with van der Waals surface area (Å²) < 4.78 is 4.10. The molecule has 5 nitrogen and oxygen atoms in total. The van der Waals surface area contributed by atoms with Crippen molar-refractivity contribution in [3.05, 3.63) is 29.1 Å². The Kier molecular flexibility index (Phi) is 3.28. The Bertz CT molecular complexity index is 717. The standard InChI is InChI=1S/C15H19N5S/c1-9-6-12(17-18-14-16-10(2)19-21-14)7-11-8-15(3,4)20(5)13(9)11/h6-7H,8H2,1-5H3. The van der Waals surface area contributed by atoms with E-state index in [0.29, 0.717) is 5.13 Å². The fraction of sp³-hybridized carbons (Fsp3) is 0.467. The van der Waals surface area contributed by atoms with E-state index in [4.69, 9.17) is 0 Å². The molecule has 1 aliphatic rings. The number of likely N-dealkylation sites (N-methyl/N-ethyl adjacent to an activating group) is 1. The molecule has 0 spiro atoms. The minimum Gasteiger partial charge on any atom is -0.369 e. The summed E-state index contributed by atoms with van der Waals surface area (Å²) in [6.07, 6.45) is 1.03. The normalized spacial score (nSPS) is 16.7. The fourth-order valence-electron chi connectivity index (χ4n) is 2.82. The van der Waals surface area contributed by atoms with E-state index in [2.05, 4.69) is 64.4 Å². The molecule has 1 aromatic carbocycles. The first kappa shape index (κ1) is 14.1. The molecule has 0 amide bonds. The highest BCUT2D eigenvalue weighted by Gasteiger charge is 2.34. The van der Waals surface area contributed by atoms with E-state index in [1.54, 1.807) is 0 Å². The summed E-state index contributed by atoms with van der Waals surface area (Å²) in [7, 11) is 2.16. The lowest BCUT2D eigenvalue weighted by Gasteiger charge is -2.30. The molecule has 0 saturated carbocycles. The van der Waals surface area contributed by atoms with Crippen LogP contribution in [0.25, 0.3) is 0 Å². The topological polar surface area (TPSA) is 53.7 Å². The van der Waals surface area contributed by atoms with Crippen molar-refractivity contribution in [2.24, 2.45) is 10.2 Å². The molecule has 0 radical (unpaired) electrons. The van der Waals surface area contributed by atoms with Gasteiger partial charge >= 0.3 is 0 Å². The van der Waals surface area contributed by atoms with Crippen LogP contribution in [0.2, 0.25) is 0 Å². The number of hydrogen-bond acceptors (Lipinski definition) is 6. The monoisotopic (exact) mass is 301 g/mol. The Labute approximate surface area is 128 Å². The SMILES string of the molecule is Cc1nsc(N=Nc2cc(C)c3c(c2)CC(C)(C)N3C)n1. The Morgan fingerprint density at radius 3 is 2.67 bits per heavy atom. The Hall–Kier alpha value is -1.82. The van der Waals surface area contributed by atoms with Crippen molar-refractivity contribution in [3.63, 3.8) is 0 Å². The maximum atomic E-state index is 4.32. The van der Waals surface area contributed by atoms with Crippen LogP contribution in [0.5, 0.6) is 0 Å². The number of benzene rings is 1. The number of fused-ring (bicyclic) bond motifs is 1. The second-order valence-electron chi connectivity index (χ2n) is 6.14. The molecule has 2 heterocycles. The molecule has 0 bridgehead atoms. The molecule has 0 atom stereocenters. The van der Waals surface area contributed by atoms with Crippen LogP contribution >= 0.6 is 11.5 Å². The molecule has 110 valence electrons. The van der Waals surface area contributed by atoms with Gasteiger partial charge in [0.05, 0.1) is 5.69 Å². The molecular formula is C15H19N5S. The van der Waals surface area contributed by atoms with Crippen molar-refractivity contribution in [2.75, 3.05) is 11.9 Å². The first-order valence-corrected chi connectivity index (χ1v) is 7.73. The van der Waals surface area contributed by atoms with Crippen molar-refractivity contribution in [1.82, 2.24) is 9.36 Å². The van der Waals surface area contributed by atoms with E-state index in [1.165, 1.54) is 28.3 Å². The number of aromatic nitrogens is 2. The molecule has 0 unspecified atom stereocenters.